The first-order valence-corrected chi connectivity index (χ1v) is 10.1. The Kier molecular flexibility index (Phi) is 7.39. The first-order chi connectivity index (χ1) is 14.2. The molecule has 6 nitrogen and oxygen atoms in total. The minimum atomic E-state index is -0.000544. The molecule has 0 spiro atoms. The van der Waals surface area contributed by atoms with Crippen molar-refractivity contribution in [3.8, 4) is 11.4 Å². The Morgan fingerprint density at radius 3 is 2.59 bits per heavy atom. The van der Waals surface area contributed by atoms with E-state index in [1.165, 1.54) is 11.3 Å². The van der Waals surface area contributed by atoms with E-state index in [2.05, 4.69) is 58.6 Å². The fourth-order valence-electron chi connectivity index (χ4n) is 3.03. The lowest BCUT2D eigenvalue weighted by Crippen LogP contribution is -2.28. The van der Waals surface area contributed by atoms with Crippen molar-refractivity contribution in [2.24, 2.45) is 0 Å². The fourth-order valence-corrected chi connectivity index (χ4v) is 3.03. The van der Waals surface area contributed by atoms with Crippen molar-refractivity contribution in [1.29, 1.82) is 0 Å². The average molecular weight is 393 g/mol. The van der Waals surface area contributed by atoms with Gasteiger partial charge in [0.05, 0.1) is 0 Å². The van der Waals surface area contributed by atoms with Crippen molar-refractivity contribution in [3.63, 3.8) is 0 Å². The zero-order valence-corrected chi connectivity index (χ0v) is 17.1. The van der Waals surface area contributed by atoms with Gasteiger partial charge in [-0.05, 0) is 30.5 Å². The summed E-state index contributed by atoms with van der Waals surface area (Å²) in [7, 11) is 2.06. The molecule has 2 aromatic carbocycles. The van der Waals surface area contributed by atoms with Gasteiger partial charge in [0.2, 0.25) is 17.6 Å². The van der Waals surface area contributed by atoms with Gasteiger partial charge in [0.25, 0.3) is 0 Å². The summed E-state index contributed by atoms with van der Waals surface area (Å²) in [5.41, 5.74) is 3.36. The number of amides is 1. The quantitative estimate of drug-likeness (QED) is 0.530. The molecule has 0 aliphatic carbocycles. The molecule has 0 bridgehead atoms. The predicted molar refractivity (Wildman–Crippen MR) is 115 cm³/mol. The number of para-hydroxylation sites is 1. The van der Waals surface area contributed by atoms with Crippen LogP contribution in [-0.2, 0) is 17.6 Å². The van der Waals surface area contributed by atoms with Gasteiger partial charge in [-0.1, -0.05) is 54.5 Å². The van der Waals surface area contributed by atoms with Gasteiger partial charge in [0.15, 0.2) is 0 Å². The minimum absolute atomic E-state index is 0.000544. The van der Waals surface area contributed by atoms with Crippen LogP contribution in [0.15, 0.2) is 59.1 Å². The van der Waals surface area contributed by atoms with Crippen molar-refractivity contribution >= 4 is 11.6 Å². The Morgan fingerprint density at radius 1 is 1.10 bits per heavy atom. The van der Waals surface area contributed by atoms with E-state index in [4.69, 9.17) is 4.52 Å². The Hall–Kier alpha value is -3.15. The molecule has 29 heavy (non-hydrogen) atoms. The third-order valence-electron chi connectivity index (χ3n) is 4.84. The van der Waals surface area contributed by atoms with Gasteiger partial charge >= 0.3 is 0 Å². The van der Waals surface area contributed by atoms with Crippen LogP contribution in [0.2, 0.25) is 0 Å². The molecule has 152 valence electrons. The molecule has 0 unspecified atom stereocenters. The smallest absolute Gasteiger partial charge is 0.227 e. The van der Waals surface area contributed by atoms with Crippen LogP contribution in [0.25, 0.3) is 11.4 Å². The molecule has 0 aliphatic rings. The number of aromatic nitrogens is 2. The average Bonchev–Trinajstić information content (AvgIpc) is 3.25. The molecule has 3 rings (SSSR count). The lowest BCUT2D eigenvalue weighted by molar-refractivity contribution is -0.121. The second kappa shape index (κ2) is 10.4. The number of rotatable bonds is 10. The summed E-state index contributed by atoms with van der Waals surface area (Å²) in [5.74, 6) is 1.05. The molecule has 0 radical (unpaired) electrons. The van der Waals surface area contributed by atoms with Gasteiger partial charge in [0.1, 0.15) is 0 Å². The van der Waals surface area contributed by atoms with E-state index in [1.807, 2.05) is 30.3 Å². The summed E-state index contributed by atoms with van der Waals surface area (Å²) in [6.45, 7) is 3.65. The molecule has 1 N–H and O–H groups in total. The Bertz CT molecular complexity index is 891. The number of nitrogens with one attached hydrogen (secondary N) is 1. The highest BCUT2D eigenvalue weighted by Gasteiger charge is 2.10. The number of carbonyl (C=O) groups is 1. The lowest BCUT2D eigenvalue weighted by atomic mass is 10.1. The van der Waals surface area contributed by atoms with Crippen molar-refractivity contribution in [2.45, 2.75) is 32.6 Å². The van der Waals surface area contributed by atoms with Gasteiger partial charge in [-0.15, -0.1) is 0 Å². The molecule has 1 aromatic heterocycles. The van der Waals surface area contributed by atoms with E-state index in [0.29, 0.717) is 31.1 Å². The van der Waals surface area contributed by atoms with Crippen molar-refractivity contribution in [1.82, 2.24) is 15.5 Å². The number of hydrogen-bond donors (Lipinski definition) is 1. The molecule has 0 fully saturated rings. The van der Waals surface area contributed by atoms with Gasteiger partial charge in [0, 0.05) is 44.2 Å². The van der Waals surface area contributed by atoms with Gasteiger partial charge < -0.3 is 14.7 Å². The molecule has 0 saturated carbocycles. The summed E-state index contributed by atoms with van der Waals surface area (Å²) in [4.78, 5) is 18.6. The largest absolute Gasteiger partial charge is 0.375 e. The Balaban J connectivity index is 1.37. The van der Waals surface area contributed by atoms with Gasteiger partial charge in [-0.25, -0.2) is 0 Å². The minimum Gasteiger partial charge on any atom is -0.375 e. The normalized spacial score (nSPS) is 10.7. The van der Waals surface area contributed by atoms with Crippen molar-refractivity contribution in [3.05, 3.63) is 66.1 Å². The second-order valence-corrected chi connectivity index (χ2v) is 7.02. The Morgan fingerprint density at radius 2 is 1.86 bits per heavy atom. The van der Waals surface area contributed by atoms with E-state index < -0.39 is 0 Å². The van der Waals surface area contributed by atoms with Crippen LogP contribution in [0, 0.1) is 0 Å². The predicted octanol–water partition coefficient (Wildman–Crippen LogP) is 3.87. The monoisotopic (exact) mass is 392 g/mol. The highest BCUT2D eigenvalue weighted by Crippen LogP contribution is 2.17. The summed E-state index contributed by atoms with van der Waals surface area (Å²) in [6.07, 6.45) is 2.66. The molecule has 1 amide bonds. The summed E-state index contributed by atoms with van der Waals surface area (Å²) in [5, 5.41) is 6.98. The molecule has 1 heterocycles. The lowest BCUT2D eigenvalue weighted by Gasteiger charge is -2.19. The van der Waals surface area contributed by atoms with Crippen LogP contribution in [0.5, 0.6) is 0 Å². The SMILES string of the molecule is CCc1ccc(-c2noc(CCC(=O)NCCCN(C)c3ccccc3)n2)cc1. The number of hydrogen-bond acceptors (Lipinski definition) is 5. The first kappa shape index (κ1) is 20.6. The van der Waals surface area contributed by atoms with E-state index >= 15 is 0 Å². The second-order valence-electron chi connectivity index (χ2n) is 7.02. The van der Waals surface area contributed by atoms with Crippen molar-refractivity contribution in [2.75, 3.05) is 25.0 Å². The summed E-state index contributed by atoms with van der Waals surface area (Å²) in [6, 6.07) is 18.3. The molecule has 6 heteroatoms. The van der Waals surface area contributed by atoms with Crippen LogP contribution in [0.4, 0.5) is 5.69 Å². The maximum atomic E-state index is 12.1. The van der Waals surface area contributed by atoms with Gasteiger partial charge in [-0.3, -0.25) is 4.79 Å². The zero-order chi connectivity index (χ0) is 20.5. The highest BCUT2D eigenvalue weighted by molar-refractivity contribution is 5.76. The standard InChI is InChI=1S/C23H28N4O2/c1-3-18-10-12-19(13-11-18)23-25-22(29-26-23)15-14-21(28)24-16-7-17-27(2)20-8-5-4-6-9-20/h4-6,8-13H,3,7,14-17H2,1-2H3,(H,24,28). The summed E-state index contributed by atoms with van der Waals surface area (Å²) >= 11 is 0. The van der Waals surface area contributed by atoms with E-state index in [0.717, 1.165) is 24.9 Å². The first-order valence-electron chi connectivity index (χ1n) is 10.1. The molecule has 0 saturated heterocycles. The van der Waals surface area contributed by atoms with Crippen LogP contribution in [-0.4, -0.2) is 36.2 Å². The number of carbonyl (C=O) groups excluding carboxylic acids is 1. The van der Waals surface area contributed by atoms with E-state index in [1.54, 1.807) is 0 Å². The van der Waals surface area contributed by atoms with Crippen LogP contribution in [0.1, 0.15) is 31.2 Å². The van der Waals surface area contributed by atoms with E-state index in [9.17, 15) is 4.79 Å². The Labute approximate surface area is 171 Å². The maximum Gasteiger partial charge on any atom is 0.227 e. The molecule has 0 atom stereocenters. The van der Waals surface area contributed by atoms with Crippen molar-refractivity contribution < 1.29 is 9.32 Å². The molecular formula is C23H28N4O2. The maximum absolute atomic E-state index is 12.1. The van der Waals surface area contributed by atoms with Crippen LogP contribution in [0.3, 0.4) is 0 Å². The number of aryl methyl sites for hydroxylation is 2. The zero-order valence-electron chi connectivity index (χ0n) is 17.1. The third kappa shape index (κ3) is 6.17. The third-order valence-corrected chi connectivity index (χ3v) is 4.84. The summed E-state index contributed by atoms with van der Waals surface area (Å²) < 4.78 is 5.28. The van der Waals surface area contributed by atoms with E-state index in [-0.39, 0.29) is 5.91 Å². The number of anilines is 1. The number of nitrogens with zero attached hydrogens (tertiary/aromatic N) is 3. The molecular weight excluding hydrogens is 364 g/mol. The van der Waals surface area contributed by atoms with Crippen LogP contribution < -0.4 is 10.2 Å². The number of benzene rings is 2. The highest BCUT2D eigenvalue weighted by atomic mass is 16.5. The molecule has 3 aromatic rings. The molecule has 0 aliphatic heterocycles. The fraction of sp³-hybridized carbons (Fsp3) is 0.348. The van der Waals surface area contributed by atoms with Crippen LogP contribution >= 0.6 is 0 Å². The topological polar surface area (TPSA) is 71.3 Å². The van der Waals surface area contributed by atoms with Gasteiger partial charge in [-0.2, -0.15) is 4.98 Å².